The lowest BCUT2D eigenvalue weighted by Crippen LogP contribution is -2.42. The Labute approximate surface area is 145 Å². The van der Waals surface area contributed by atoms with Gasteiger partial charge in [-0.25, -0.2) is 0 Å². The largest absolute Gasteiger partial charge is 0.363 e. The molecule has 8 heteroatoms. The van der Waals surface area contributed by atoms with Crippen molar-refractivity contribution in [3.05, 3.63) is 54.2 Å². The number of aryl methyl sites for hydroxylation is 1. The van der Waals surface area contributed by atoms with E-state index in [1.807, 2.05) is 41.8 Å². The third kappa shape index (κ3) is 3.45. The lowest BCUT2D eigenvalue weighted by Gasteiger charge is -2.34. The number of nitrogens with zero attached hydrogens (tertiary/aromatic N) is 6. The van der Waals surface area contributed by atoms with Crippen LogP contribution in [-0.4, -0.2) is 49.0 Å². The van der Waals surface area contributed by atoms with E-state index in [-0.39, 0.29) is 12.2 Å². The summed E-state index contributed by atoms with van der Waals surface area (Å²) in [4.78, 5) is 6.58. The first kappa shape index (κ1) is 15.9. The Morgan fingerprint density at radius 1 is 1.20 bits per heavy atom. The summed E-state index contributed by atoms with van der Waals surface area (Å²) >= 11 is 0. The van der Waals surface area contributed by atoms with Gasteiger partial charge in [0.15, 0.2) is 11.6 Å². The second-order valence-corrected chi connectivity index (χ2v) is 6.26. The highest BCUT2D eigenvalue weighted by molar-refractivity contribution is 5.31. The van der Waals surface area contributed by atoms with Crippen molar-refractivity contribution < 1.29 is 9.26 Å². The zero-order chi connectivity index (χ0) is 17.2. The van der Waals surface area contributed by atoms with Gasteiger partial charge in [-0.1, -0.05) is 23.4 Å². The molecular weight excluding hydrogens is 320 g/mol. The number of hydrogen-bond donors (Lipinski definition) is 0. The molecule has 2 aromatic heterocycles. The summed E-state index contributed by atoms with van der Waals surface area (Å²) in [6.07, 6.45) is 1.59. The van der Waals surface area contributed by atoms with E-state index in [2.05, 4.69) is 25.2 Å². The molecule has 130 valence electrons. The van der Waals surface area contributed by atoms with Gasteiger partial charge in [0.1, 0.15) is 12.4 Å². The molecule has 1 fully saturated rings. The zero-order valence-corrected chi connectivity index (χ0v) is 14.2. The van der Waals surface area contributed by atoms with Crippen LogP contribution in [0.4, 0.5) is 0 Å². The third-order valence-electron chi connectivity index (χ3n) is 4.17. The predicted octanol–water partition coefficient (Wildman–Crippen LogP) is 1.92. The number of rotatable bonds is 4. The van der Waals surface area contributed by atoms with Crippen LogP contribution in [0.5, 0.6) is 0 Å². The first-order valence-corrected chi connectivity index (χ1v) is 8.31. The van der Waals surface area contributed by atoms with Gasteiger partial charge in [-0.3, -0.25) is 9.47 Å². The molecule has 0 aliphatic carbocycles. The molecule has 0 saturated carbocycles. The summed E-state index contributed by atoms with van der Waals surface area (Å²) in [5.41, 5.74) is 1.05. The van der Waals surface area contributed by atoms with Crippen molar-refractivity contribution in [3.63, 3.8) is 0 Å². The Bertz CT molecular complexity index is 831. The molecule has 0 radical (unpaired) electrons. The highest BCUT2D eigenvalue weighted by atomic mass is 16.5. The summed E-state index contributed by atoms with van der Waals surface area (Å²) < 4.78 is 13.3. The molecule has 0 bridgehead atoms. The van der Waals surface area contributed by atoms with E-state index in [4.69, 9.17) is 9.26 Å². The molecule has 1 aliphatic heterocycles. The number of hydrogen-bond acceptors (Lipinski definition) is 7. The average molecular weight is 340 g/mol. The van der Waals surface area contributed by atoms with Crippen LogP contribution in [0, 0.1) is 6.92 Å². The number of morpholine rings is 1. The molecule has 1 saturated heterocycles. The van der Waals surface area contributed by atoms with Crippen LogP contribution in [-0.2, 0) is 11.3 Å². The van der Waals surface area contributed by atoms with Gasteiger partial charge in [0, 0.05) is 18.8 Å². The number of ether oxygens (including phenoxy) is 1. The van der Waals surface area contributed by atoms with Gasteiger partial charge in [-0.05, 0) is 26.0 Å². The second kappa shape index (κ2) is 6.73. The first-order valence-electron chi connectivity index (χ1n) is 8.31. The van der Waals surface area contributed by atoms with Crippen LogP contribution in [0.2, 0.25) is 0 Å². The molecule has 0 spiro atoms. The molecular formula is C17H20N6O2. The predicted molar refractivity (Wildman–Crippen MR) is 89.0 cm³/mol. The van der Waals surface area contributed by atoms with Crippen LogP contribution in [0.3, 0.4) is 0 Å². The average Bonchev–Trinajstić information content (AvgIpc) is 3.24. The van der Waals surface area contributed by atoms with Crippen LogP contribution < -0.4 is 0 Å². The van der Waals surface area contributed by atoms with Crippen LogP contribution >= 0.6 is 0 Å². The minimum Gasteiger partial charge on any atom is -0.363 e. The summed E-state index contributed by atoms with van der Waals surface area (Å²) in [5.74, 6) is 2.03. The Kier molecular flexibility index (Phi) is 4.29. The van der Waals surface area contributed by atoms with Crippen LogP contribution in [0.15, 0.2) is 41.2 Å². The lowest BCUT2D eigenvalue weighted by molar-refractivity contribution is -0.0936. The third-order valence-corrected chi connectivity index (χ3v) is 4.17. The molecule has 0 amide bonds. The fourth-order valence-electron chi connectivity index (χ4n) is 3.12. The molecule has 4 rings (SSSR count). The standard InChI is InChI=1S/C17H20N6O2/c1-12-8-22(9-15(24-12)17-19-13(2)21-25-17)10-16-20-18-11-23(16)14-6-4-3-5-7-14/h3-7,11-12,15H,8-10H2,1-2H3/t12-,15-/m1/s1. The van der Waals surface area contributed by atoms with Gasteiger partial charge in [0.05, 0.1) is 12.6 Å². The molecule has 8 nitrogen and oxygen atoms in total. The van der Waals surface area contributed by atoms with E-state index in [0.717, 1.165) is 18.1 Å². The minimum atomic E-state index is -0.224. The van der Waals surface area contributed by atoms with E-state index in [1.54, 1.807) is 13.3 Å². The molecule has 1 aliphatic rings. The Balaban J connectivity index is 1.52. The number of benzene rings is 1. The maximum atomic E-state index is 5.97. The smallest absolute Gasteiger partial charge is 0.257 e. The van der Waals surface area contributed by atoms with E-state index < -0.39 is 0 Å². The van der Waals surface area contributed by atoms with Gasteiger partial charge < -0.3 is 9.26 Å². The van der Waals surface area contributed by atoms with Crippen LogP contribution in [0.25, 0.3) is 5.69 Å². The van der Waals surface area contributed by atoms with Gasteiger partial charge >= 0.3 is 0 Å². The molecule has 3 aromatic rings. The fourth-order valence-corrected chi connectivity index (χ4v) is 3.12. The van der Waals surface area contributed by atoms with Crippen molar-refractivity contribution in [2.45, 2.75) is 32.6 Å². The Morgan fingerprint density at radius 3 is 2.80 bits per heavy atom. The molecule has 1 aromatic carbocycles. The minimum absolute atomic E-state index is 0.0686. The Morgan fingerprint density at radius 2 is 2.04 bits per heavy atom. The fraction of sp³-hybridized carbons (Fsp3) is 0.412. The molecule has 0 N–H and O–H groups in total. The van der Waals surface area contributed by atoms with Crippen molar-refractivity contribution >= 4 is 0 Å². The summed E-state index contributed by atoms with van der Waals surface area (Å²) in [6, 6.07) is 10.1. The maximum Gasteiger partial charge on any atom is 0.257 e. The summed E-state index contributed by atoms with van der Waals surface area (Å²) in [6.45, 7) is 6.01. The van der Waals surface area contributed by atoms with Gasteiger partial charge in [-0.15, -0.1) is 10.2 Å². The van der Waals surface area contributed by atoms with Crippen molar-refractivity contribution in [3.8, 4) is 5.69 Å². The van der Waals surface area contributed by atoms with Gasteiger partial charge in [0.25, 0.3) is 5.89 Å². The van der Waals surface area contributed by atoms with Crippen molar-refractivity contribution in [2.75, 3.05) is 13.1 Å². The Hall–Kier alpha value is -2.58. The molecule has 0 unspecified atom stereocenters. The quantitative estimate of drug-likeness (QED) is 0.717. The topological polar surface area (TPSA) is 82.1 Å². The van der Waals surface area contributed by atoms with E-state index >= 15 is 0 Å². The van der Waals surface area contributed by atoms with E-state index in [0.29, 0.717) is 24.8 Å². The zero-order valence-electron chi connectivity index (χ0n) is 14.2. The highest BCUT2D eigenvalue weighted by Gasteiger charge is 2.31. The van der Waals surface area contributed by atoms with E-state index in [9.17, 15) is 0 Å². The van der Waals surface area contributed by atoms with Gasteiger partial charge in [0.2, 0.25) is 0 Å². The van der Waals surface area contributed by atoms with Crippen molar-refractivity contribution in [2.24, 2.45) is 0 Å². The monoisotopic (exact) mass is 340 g/mol. The maximum absolute atomic E-state index is 5.97. The second-order valence-electron chi connectivity index (χ2n) is 6.26. The normalized spacial score (nSPS) is 21.5. The highest BCUT2D eigenvalue weighted by Crippen LogP contribution is 2.25. The lowest BCUT2D eigenvalue weighted by atomic mass is 10.2. The molecule has 3 heterocycles. The molecule has 2 atom stereocenters. The van der Waals surface area contributed by atoms with Crippen molar-refractivity contribution in [1.82, 2.24) is 29.8 Å². The summed E-state index contributed by atoms with van der Waals surface area (Å²) in [7, 11) is 0. The number of para-hydroxylation sites is 1. The van der Waals surface area contributed by atoms with E-state index in [1.165, 1.54) is 0 Å². The SMILES string of the molecule is Cc1noc([C@H]2CN(Cc3nncn3-c3ccccc3)C[C@@H](C)O2)n1. The van der Waals surface area contributed by atoms with Gasteiger partial charge in [-0.2, -0.15) is 4.98 Å². The molecule has 25 heavy (non-hydrogen) atoms. The van der Waals surface area contributed by atoms with Crippen molar-refractivity contribution in [1.29, 1.82) is 0 Å². The first-order chi connectivity index (χ1) is 12.2. The summed E-state index contributed by atoms with van der Waals surface area (Å²) in [5, 5.41) is 12.2. The number of aromatic nitrogens is 5. The van der Waals surface area contributed by atoms with Crippen LogP contribution in [0.1, 0.15) is 30.6 Å².